The van der Waals surface area contributed by atoms with Crippen molar-refractivity contribution in [3.63, 3.8) is 0 Å². The zero-order chi connectivity index (χ0) is 22.0. The van der Waals surface area contributed by atoms with Crippen LogP contribution in [-0.2, 0) is 34.0 Å². The number of carbonyl (C=O) groups is 1. The predicted molar refractivity (Wildman–Crippen MR) is 125 cm³/mol. The van der Waals surface area contributed by atoms with Gasteiger partial charge in [0.15, 0.2) is 20.8 Å². The minimum Gasteiger partial charge on any atom is -0.352 e. The smallest absolute Gasteiger partial charge is 0.230 e. The highest BCUT2D eigenvalue weighted by atomic mass is 32.2. The largest absolute Gasteiger partial charge is 0.352 e. The summed E-state index contributed by atoms with van der Waals surface area (Å²) in [4.78, 5) is 14.9. The van der Waals surface area contributed by atoms with Gasteiger partial charge < -0.3 is 5.32 Å². The quantitative estimate of drug-likeness (QED) is 0.461. The van der Waals surface area contributed by atoms with Crippen LogP contribution in [0.3, 0.4) is 0 Å². The van der Waals surface area contributed by atoms with Gasteiger partial charge in [0, 0.05) is 17.5 Å². The maximum Gasteiger partial charge on any atom is 0.230 e. The molecular formula is C21H28N4O3S3. The third kappa shape index (κ3) is 5.23. The zero-order valence-electron chi connectivity index (χ0n) is 17.7. The normalized spacial score (nSPS) is 22.2. The van der Waals surface area contributed by atoms with Crippen LogP contribution in [0.1, 0.15) is 36.6 Å². The van der Waals surface area contributed by atoms with E-state index in [0.29, 0.717) is 18.1 Å². The summed E-state index contributed by atoms with van der Waals surface area (Å²) in [5.74, 6) is 1.75. The molecule has 0 radical (unpaired) electrons. The minimum atomic E-state index is -3.01. The Kier molecular flexibility index (Phi) is 6.88. The average Bonchev–Trinajstić information content (AvgIpc) is 3.42. The van der Waals surface area contributed by atoms with Crippen LogP contribution in [0.15, 0.2) is 23.9 Å². The second-order valence-electron chi connectivity index (χ2n) is 8.24. The molecule has 0 bridgehead atoms. The molecule has 0 saturated carbocycles. The molecule has 2 atom stereocenters. The molecule has 7 nitrogen and oxygen atoms in total. The number of hydrogen-bond donors (Lipinski definition) is 1. The van der Waals surface area contributed by atoms with Crippen molar-refractivity contribution in [3.05, 3.63) is 29.2 Å². The number of sulfone groups is 1. The molecule has 3 heterocycles. The highest BCUT2D eigenvalue weighted by Gasteiger charge is 2.29. The molecule has 10 heteroatoms. The van der Waals surface area contributed by atoms with Gasteiger partial charge in [0.1, 0.15) is 0 Å². The molecular weight excluding hydrogens is 452 g/mol. The number of aromatic nitrogens is 3. The molecule has 2 aromatic rings. The molecule has 1 amide bonds. The van der Waals surface area contributed by atoms with E-state index < -0.39 is 9.84 Å². The van der Waals surface area contributed by atoms with Crippen LogP contribution < -0.4 is 5.32 Å². The van der Waals surface area contributed by atoms with Gasteiger partial charge in [0.25, 0.3) is 0 Å². The van der Waals surface area contributed by atoms with Crippen LogP contribution in [0, 0.1) is 5.92 Å². The molecule has 1 fully saturated rings. The zero-order valence-corrected chi connectivity index (χ0v) is 20.1. The van der Waals surface area contributed by atoms with Crippen LogP contribution in [0.4, 0.5) is 0 Å². The fourth-order valence-corrected chi connectivity index (χ4v) is 7.87. The van der Waals surface area contributed by atoms with Crippen LogP contribution in [0.25, 0.3) is 10.7 Å². The summed E-state index contributed by atoms with van der Waals surface area (Å²) in [5, 5.41) is 12.3. The molecule has 4 rings (SSSR count). The van der Waals surface area contributed by atoms with Crippen molar-refractivity contribution in [3.8, 4) is 10.7 Å². The number of thioether (sulfide) groups is 1. The predicted octanol–water partition coefficient (Wildman–Crippen LogP) is 3.10. The van der Waals surface area contributed by atoms with Crippen molar-refractivity contribution < 1.29 is 13.2 Å². The Morgan fingerprint density at radius 3 is 2.97 bits per heavy atom. The summed E-state index contributed by atoms with van der Waals surface area (Å²) >= 11 is 3.11. The fraction of sp³-hybridized carbons (Fsp3) is 0.571. The molecule has 1 aliphatic heterocycles. The molecule has 1 aliphatic carbocycles. The van der Waals surface area contributed by atoms with Crippen molar-refractivity contribution in [1.29, 1.82) is 0 Å². The summed E-state index contributed by atoms with van der Waals surface area (Å²) in [5.41, 5.74) is 1.44. The molecule has 0 unspecified atom stereocenters. The first-order valence-electron chi connectivity index (χ1n) is 10.7. The van der Waals surface area contributed by atoms with Gasteiger partial charge in [0.05, 0.1) is 22.1 Å². The lowest BCUT2D eigenvalue weighted by molar-refractivity contribution is -0.119. The molecule has 1 N–H and O–H groups in total. The Hall–Kier alpha value is -1.65. The van der Waals surface area contributed by atoms with Crippen LogP contribution >= 0.6 is 23.1 Å². The fourth-order valence-electron chi connectivity index (χ4n) is 4.24. The number of carbonyl (C=O) groups excluding carboxylic acids is 1. The third-order valence-electron chi connectivity index (χ3n) is 5.94. The van der Waals surface area contributed by atoms with Crippen LogP contribution in [0.2, 0.25) is 0 Å². The SMILES string of the molecule is C=CCn1c(SCC(=O)N[C@H]2CCS(=O)(=O)C2)nnc1-c1cc2c(s1)CC[C@H](CC)C2. The average molecular weight is 481 g/mol. The first kappa shape index (κ1) is 22.5. The third-order valence-corrected chi connectivity index (χ3v) is 9.91. The van der Waals surface area contributed by atoms with E-state index in [0.717, 1.165) is 29.5 Å². The van der Waals surface area contributed by atoms with Gasteiger partial charge in [-0.1, -0.05) is 31.2 Å². The second kappa shape index (κ2) is 9.46. The number of rotatable bonds is 8. The molecule has 2 aromatic heterocycles. The summed E-state index contributed by atoms with van der Waals surface area (Å²) in [6.45, 7) is 6.68. The van der Waals surface area contributed by atoms with Gasteiger partial charge in [-0.15, -0.1) is 28.1 Å². The number of fused-ring (bicyclic) bond motifs is 1. The molecule has 31 heavy (non-hydrogen) atoms. The van der Waals surface area contributed by atoms with E-state index in [1.54, 1.807) is 17.4 Å². The van der Waals surface area contributed by atoms with Crippen molar-refractivity contribution in [2.45, 2.75) is 56.8 Å². The van der Waals surface area contributed by atoms with Gasteiger partial charge in [-0.05, 0) is 43.2 Å². The Labute approximate surface area is 191 Å². The minimum absolute atomic E-state index is 0.0299. The molecule has 2 aliphatic rings. The van der Waals surface area contributed by atoms with Crippen molar-refractivity contribution >= 4 is 38.8 Å². The number of nitrogens with zero attached hydrogens (tertiary/aromatic N) is 3. The second-order valence-corrected chi connectivity index (χ2v) is 12.5. The van der Waals surface area contributed by atoms with Gasteiger partial charge in [-0.25, -0.2) is 8.42 Å². The first-order valence-corrected chi connectivity index (χ1v) is 14.3. The highest BCUT2D eigenvalue weighted by molar-refractivity contribution is 7.99. The van der Waals surface area contributed by atoms with Gasteiger partial charge in [-0.3, -0.25) is 9.36 Å². The Morgan fingerprint density at radius 2 is 2.26 bits per heavy atom. The molecule has 0 spiro atoms. The number of amides is 1. The Balaban J connectivity index is 1.45. The maximum absolute atomic E-state index is 12.3. The van der Waals surface area contributed by atoms with E-state index in [4.69, 9.17) is 0 Å². The molecule has 1 saturated heterocycles. The number of aryl methyl sites for hydroxylation is 1. The van der Waals surface area contributed by atoms with E-state index >= 15 is 0 Å². The Bertz CT molecular complexity index is 1070. The summed E-state index contributed by atoms with van der Waals surface area (Å²) < 4.78 is 25.2. The van der Waals surface area contributed by atoms with Crippen molar-refractivity contribution in [2.75, 3.05) is 17.3 Å². The number of allylic oxidation sites excluding steroid dienone is 1. The summed E-state index contributed by atoms with van der Waals surface area (Å²) in [6.07, 6.45) is 7.02. The summed E-state index contributed by atoms with van der Waals surface area (Å²) in [7, 11) is -3.01. The van der Waals surface area contributed by atoms with Gasteiger partial charge in [0.2, 0.25) is 5.91 Å². The van der Waals surface area contributed by atoms with E-state index in [1.165, 1.54) is 35.0 Å². The first-order chi connectivity index (χ1) is 14.9. The highest BCUT2D eigenvalue weighted by Crippen LogP contribution is 2.38. The van der Waals surface area contributed by atoms with Gasteiger partial charge in [-0.2, -0.15) is 0 Å². The van der Waals surface area contributed by atoms with E-state index in [-0.39, 0.29) is 29.2 Å². The molecule has 0 aromatic carbocycles. The molecule has 168 valence electrons. The number of nitrogens with one attached hydrogen (secondary N) is 1. The maximum atomic E-state index is 12.3. The summed E-state index contributed by atoms with van der Waals surface area (Å²) in [6, 6.07) is 1.97. The standard InChI is InChI=1S/C21H28N4O3S3/c1-3-8-25-20(18-11-15-10-14(4-2)5-6-17(15)30-18)23-24-21(25)29-12-19(26)22-16-7-9-31(27,28)13-16/h3,11,14,16H,1,4-10,12-13H2,2H3,(H,22,26)/t14-,16-/m0/s1. The van der Waals surface area contributed by atoms with Crippen molar-refractivity contribution in [1.82, 2.24) is 20.1 Å². The van der Waals surface area contributed by atoms with E-state index in [9.17, 15) is 13.2 Å². The van der Waals surface area contributed by atoms with E-state index in [2.05, 4.69) is 35.1 Å². The Morgan fingerprint density at radius 1 is 1.42 bits per heavy atom. The topological polar surface area (TPSA) is 94.0 Å². The monoisotopic (exact) mass is 480 g/mol. The number of hydrogen-bond acceptors (Lipinski definition) is 7. The number of thiophene rings is 1. The lowest BCUT2D eigenvalue weighted by Gasteiger charge is -2.19. The van der Waals surface area contributed by atoms with Gasteiger partial charge >= 0.3 is 0 Å². The lowest BCUT2D eigenvalue weighted by atomic mass is 9.87. The lowest BCUT2D eigenvalue weighted by Crippen LogP contribution is -2.36. The van der Waals surface area contributed by atoms with Crippen molar-refractivity contribution in [2.24, 2.45) is 5.92 Å². The van der Waals surface area contributed by atoms with E-state index in [1.807, 2.05) is 4.57 Å². The van der Waals surface area contributed by atoms with Crippen LogP contribution in [-0.4, -0.2) is 52.4 Å². The van der Waals surface area contributed by atoms with Crippen LogP contribution in [0.5, 0.6) is 0 Å².